The molecule has 0 spiro atoms. The Hall–Kier alpha value is -1.32. The summed E-state index contributed by atoms with van der Waals surface area (Å²) in [5, 5.41) is 3.50. The average Bonchev–Trinajstić information content (AvgIpc) is 2.27. The fraction of sp³-hybridized carbons (Fsp3) is 0.714. The van der Waals surface area contributed by atoms with Gasteiger partial charge in [-0.25, -0.2) is 9.97 Å². The lowest BCUT2D eigenvalue weighted by Crippen LogP contribution is -2.36. The van der Waals surface area contributed by atoms with Gasteiger partial charge < -0.3 is 11.1 Å². The van der Waals surface area contributed by atoms with Crippen molar-refractivity contribution in [2.45, 2.75) is 52.4 Å². The number of hydrogen-bond acceptors (Lipinski definition) is 4. The lowest BCUT2D eigenvalue weighted by Gasteiger charge is -2.41. The highest BCUT2D eigenvalue weighted by molar-refractivity contribution is 5.56. The molecule has 2 rings (SSSR count). The van der Waals surface area contributed by atoms with Crippen LogP contribution in [0.25, 0.3) is 0 Å². The van der Waals surface area contributed by atoms with Crippen LogP contribution in [0.1, 0.15) is 57.9 Å². The maximum absolute atomic E-state index is 5.95. The fourth-order valence-electron chi connectivity index (χ4n) is 2.72. The quantitative estimate of drug-likeness (QED) is 0.840. The second-order valence-electron chi connectivity index (χ2n) is 5.74. The summed E-state index contributed by atoms with van der Waals surface area (Å²) in [7, 11) is 0. The van der Waals surface area contributed by atoms with Gasteiger partial charge in [0.05, 0.1) is 0 Å². The summed E-state index contributed by atoms with van der Waals surface area (Å²) >= 11 is 0. The lowest BCUT2D eigenvalue weighted by molar-refractivity contribution is 0.145. The highest BCUT2D eigenvalue weighted by Gasteiger charge is 2.35. The van der Waals surface area contributed by atoms with Gasteiger partial charge in [0.1, 0.15) is 18.0 Å². The van der Waals surface area contributed by atoms with Gasteiger partial charge in [0.2, 0.25) is 0 Å². The smallest absolute Gasteiger partial charge is 0.134 e. The van der Waals surface area contributed by atoms with E-state index in [1.807, 2.05) is 0 Å². The van der Waals surface area contributed by atoms with Crippen LogP contribution in [-0.2, 0) is 0 Å². The first-order valence-corrected chi connectivity index (χ1v) is 6.92. The van der Waals surface area contributed by atoms with Crippen LogP contribution in [0, 0.1) is 5.41 Å². The van der Waals surface area contributed by atoms with Crippen molar-refractivity contribution in [3.05, 3.63) is 11.9 Å². The van der Waals surface area contributed by atoms with E-state index in [9.17, 15) is 0 Å². The van der Waals surface area contributed by atoms with Crippen LogP contribution in [0.2, 0.25) is 0 Å². The molecule has 0 unspecified atom stereocenters. The molecule has 18 heavy (non-hydrogen) atoms. The predicted octanol–water partition coefficient (Wildman–Crippen LogP) is 3.17. The van der Waals surface area contributed by atoms with Crippen LogP contribution >= 0.6 is 0 Å². The molecule has 1 aliphatic rings. The Labute approximate surface area is 109 Å². The third kappa shape index (κ3) is 2.42. The monoisotopic (exact) mass is 248 g/mol. The molecule has 100 valence electrons. The minimum absolute atomic E-state index is 0.340. The molecular weight excluding hydrogens is 224 g/mol. The van der Waals surface area contributed by atoms with E-state index < -0.39 is 0 Å². The molecule has 4 nitrogen and oxygen atoms in total. The summed E-state index contributed by atoms with van der Waals surface area (Å²) in [5.41, 5.74) is 7.47. The zero-order chi connectivity index (χ0) is 13.2. The highest BCUT2D eigenvalue weighted by Crippen LogP contribution is 2.44. The Morgan fingerprint density at radius 1 is 1.39 bits per heavy atom. The van der Waals surface area contributed by atoms with Crippen molar-refractivity contribution in [1.82, 2.24) is 9.97 Å². The van der Waals surface area contributed by atoms with Gasteiger partial charge in [-0.1, -0.05) is 27.2 Å². The number of nitrogen functional groups attached to an aromatic ring is 1. The first kappa shape index (κ1) is 13.1. The number of rotatable bonds is 5. The number of aromatic nitrogens is 2. The molecule has 1 aromatic heterocycles. The molecule has 0 aliphatic heterocycles. The molecule has 0 bridgehead atoms. The summed E-state index contributed by atoms with van der Waals surface area (Å²) in [5.74, 6) is 1.85. The van der Waals surface area contributed by atoms with Crippen LogP contribution in [0.4, 0.5) is 11.6 Å². The van der Waals surface area contributed by atoms with Gasteiger partial charge in [0, 0.05) is 12.1 Å². The molecular formula is C14H24N4. The lowest BCUT2D eigenvalue weighted by atomic mass is 9.67. The van der Waals surface area contributed by atoms with E-state index in [4.69, 9.17) is 5.73 Å². The van der Waals surface area contributed by atoms with Crippen LogP contribution in [-0.4, -0.2) is 16.5 Å². The average molecular weight is 248 g/mol. The highest BCUT2D eigenvalue weighted by atomic mass is 15.0. The largest absolute Gasteiger partial charge is 0.383 e. The Bertz CT molecular complexity index is 405. The molecule has 4 heteroatoms. The second-order valence-corrected chi connectivity index (χ2v) is 5.74. The molecule has 0 saturated heterocycles. The SMILES string of the molecule is CCC1(CNc2ncnc(N)c2C(C)C)CCC1. The van der Waals surface area contributed by atoms with Gasteiger partial charge in [0.25, 0.3) is 0 Å². The molecule has 1 aromatic rings. The number of nitrogens with one attached hydrogen (secondary N) is 1. The van der Waals surface area contributed by atoms with Gasteiger partial charge in [-0.05, 0) is 30.6 Å². The van der Waals surface area contributed by atoms with Crippen LogP contribution in [0.15, 0.2) is 6.33 Å². The summed E-state index contributed by atoms with van der Waals surface area (Å²) in [6.07, 6.45) is 6.79. The van der Waals surface area contributed by atoms with Crippen molar-refractivity contribution < 1.29 is 0 Å². The van der Waals surface area contributed by atoms with Gasteiger partial charge in [-0.15, -0.1) is 0 Å². The summed E-state index contributed by atoms with van der Waals surface area (Å²) in [6, 6.07) is 0. The van der Waals surface area contributed by atoms with Crippen molar-refractivity contribution in [2.75, 3.05) is 17.6 Å². The number of hydrogen-bond donors (Lipinski definition) is 2. The minimum atomic E-state index is 0.340. The topological polar surface area (TPSA) is 63.8 Å². The van der Waals surface area contributed by atoms with Gasteiger partial charge in [0.15, 0.2) is 0 Å². The molecule has 0 atom stereocenters. The normalized spacial score (nSPS) is 17.6. The van der Waals surface area contributed by atoms with E-state index in [0.717, 1.165) is 17.9 Å². The van der Waals surface area contributed by atoms with E-state index in [1.54, 1.807) is 6.33 Å². The molecule has 0 amide bonds. The molecule has 1 aliphatic carbocycles. The molecule has 0 radical (unpaired) electrons. The van der Waals surface area contributed by atoms with E-state index in [0.29, 0.717) is 17.2 Å². The third-order valence-electron chi connectivity index (χ3n) is 4.29. The minimum Gasteiger partial charge on any atom is -0.383 e. The predicted molar refractivity (Wildman–Crippen MR) is 75.6 cm³/mol. The zero-order valence-corrected chi connectivity index (χ0v) is 11.7. The molecule has 3 N–H and O–H groups in total. The third-order valence-corrected chi connectivity index (χ3v) is 4.29. The van der Waals surface area contributed by atoms with Crippen LogP contribution < -0.4 is 11.1 Å². The van der Waals surface area contributed by atoms with Crippen molar-refractivity contribution in [3.8, 4) is 0 Å². The van der Waals surface area contributed by atoms with Gasteiger partial charge >= 0.3 is 0 Å². The Morgan fingerprint density at radius 3 is 2.61 bits per heavy atom. The van der Waals surface area contributed by atoms with Gasteiger partial charge in [-0.3, -0.25) is 0 Å². The fourth-order valence-corrected chi connectivity index (χ4v) is 2.72. The Kier molecular flexibility index (Phi) is 3.73. The first-order valence-electron chi connectivity index (χ1n) is 6.92. The molecule has 1 fully saturated rings. The van der Waals surface area contributed by atoms with Crippen molar-refractivity contribution >= 4 is 11.6 Å². The summed E-state index contributed by atoms with van der Waals surface area (Å²) < 4.78 is 0. The summed E-state index contributed by atoms with van der Waals surface area (Å²) in [6.45, 7) is 7.52. The van der Waals surface area contributed by atoms with Crippen LogP contribution in [0.3, 0.4) is 0 Å². The van der Waals surface area contributed by atoms with Gasteiger partial charge in [-0.2, -0.15) is 0 Å². The molecule has 1 saturated carbocycles. The Balaban J connectivity index is 2.11. The maximum atomic E-state index is 5.95. The van der Waals surface area contributed by atoms with Crippen molar-refractivity contribution in [3.63, 3.8) is 0 Å². The van der Waals surface area contributed by atoms with Crippen molar-refractivity contribution in [2.24, 2.45) is 5.41 Å². The first-order chi connectivity index (χ1) is 8.58. The number of anilines is 2. The Morgan fingerprint density at radius 2 is 2.11 bits per heavy atom. The van der Waals surface area contributed by atoms with Crippen molar-refractivity contribution in [1.29, 1.82) is 0 Å². The van der Waals surface area contributed by atoms with E-state index in [2.05, 4.69) is 36.1 Å². The van der Waals surface area contributed by atoms with E-state index >= 15 is 0 Å². The maximum Gasteiger partial charge on any atom is 0.134 e. The van der Waals surface area contributed by atoms with E-state index in [1.165, 1.54) is 25.7 Å². The molecule has 0 aromatic carbocycles. The molecule has 1 heterocycles. The number of nitrogens with zero attached hydrogens (tertiary/aromatic N) is 2. The number of nitrogens with two attached hydrogens (primary N) is 1. The zero-order valence-electron chi connectivity index (χ0n) is 11.7. The standard InChI is InChI=1S/C14H24N4/c1-4-14(6-5-7-14)8-16-13-11(10(2)3)12(15)17-9-18-13/h9-10H,4-8H2,1-3H3,(H3,15,16,17,18). The van der Waals surface area contributed by atoms with Crippen LogP contribution in [0.5, 0.6) is 0 Å². The second kappa shape index (κ2) is 5.12. The van der Waals surface area contributed by atoms with E-state index in [-0.39, 0.29) is 0 Å². The summed E-state index contributed by atoms with van der Waals surface area (Å²) in [4.78, 5) is 8.44.